The summed E-state index contributed by atoms with van der Waals surface area (Å²) in [5.74, 6) is -1.92. The third-order valence-corrected chi connectivity index (χ3v) is 2.55. The van der Waals surface area contributed by atoms with Crippen LogP contribution >= 0.6 is 0 Å². The molecule has 0 fully saturated rings. The molecular weight excluding hydrogens is 289 g/mol. The molecule has 0 atom stereocenters. The average Bonchev–Trinajstić information content (AvgIpc) is 2.83. The van der Waals surface area contributed by atoms with E-state index in [4.69, 9.17) is 10.4 Å². The van der Waals surface area contributed by atoms with Crippen LogP contribution < -0.4 is 0 Å². The van der Waals surface area contributed by atoms with Crippen LogP contribution in [0.5, 0.6) is 0 Å². The molecule has 0 bridgehead atoms. The molecule has 0 saturated carbocycles. The number of carboxylic acids is 1. The third kappa shape index (κ3) is 2.84. The van der Waals surface area contributed by atoms with Gasteiger partial charge in [-0.2, -0.15) is 18.4 Å². The van der Waals surface area contributed by atoms with Gasteiger partial charge < -0.3 is 5.11 Å². The van der Waals surface area contributed by atoms with Gasteiger partial charge in [-0.15, -0.1) is 0 Å². The van der Waals surface area contributed by atoms with Crippen molar-refractivity contribution in [1.29, 1.82) is 5.26 Å². The Hall–Kier alpha value is -2.89. The minimum absolute atomic E-state index is 0.0309. The van der Waals surface area contributed by atoms with Crippen LogP contribution in [-0.4, -0.2) is 25.6 Å². The first kappa shape index (κ1) is 14.5. The van der Waals surface area contributed by atoms with Crippen molar-refractivity contribution in [2.24, 2.45) is 0 Å². The number of halogens is 3. The predicted octanol–water partition coefficient (Wildman–Crippen LogP) is 2.16. The number of aromatic nitrogens is 3. The number of aryl methyl sites for hydroxylation is 1. The molecule has 2 aromatic heterocycles. The highest BCUT2D eigenvalue weighted by molar-refractivity contribution is 5.89. The van der Waals surface area contributed by atoms with Gasteiger partial charge >= 0.3 is 12.1 Å². The lowest BCUT2D eigenvalue weighted by atomic mass is 10.2. The van der Waals surface area contributed by atoms with Crippen LogP contribution in [0.3, 0.4) is 0 Å². The van der Waals surface area contributed by atoms with Crippen molar-refractivity contribution in [2.45, 2.75) is 13.1 Å². The third-order valence-electron chi connectivity index (χ3n) is 2.55. The van der Waals surface area contributed by atoms with Gasteiger partial charge in [-0.25, -0.2) is 14.8 Å². The number of hydrogen-bond acceptors (Lipinski definition) is 4. The first-order chi connectivity index (χ1) is 9.72. The fraction of sp³-hybridized carbons (Fsp3) is 0.167. The number of carbonyl (C=O) groups is 1. The molecule has 0 aliphatic heterocycles. The molecule has 1 N–H and O–H groups in total. The van der Waals surface area contributed by atoms with E-state index in [1.54, 1.807) is 6.07 Å². The van der Waals surface area contributed by atoms with E-state index in [0.717, 1.165) is 10.8 Å². The zero-order valence-corrected chi connectivity index (χ0v) is 10.5. The quantitative estimate of drug-likeness (QED) is 0.916. The van der Waals surface area contributed by atoms with Crippen LogP contribution in [0.25, 0.3) is 5.95 Å². The molecule has 6 nitrogen and oxygen atoms in total. The van der Waals surface area contributed by atoms with Gasteiger partial charge in [-0.1, -0.05) is 0 Å². The van der Waals surface area contributed by atoms with Gasteiger partial charge in [0.2, 0.25) is 5.95 Å². The van der Waals surface area contributed by atoms with Gasteiger partial charge in [-0.3, -0.25) is 4.57 Å². The Morgan fingerprint density at radius 2 is 2.05 bits per heavy atom. The standard InChI is InChI=1S/C12H7F3N4O2/c1-6-2-7(3-16)18-11(17-6)19-4-8(10(20)21)9(5-19)12(13,14)15/h2,4-5H,1H3,(H,20,21). The highest BCUT2D eigenvalue weighted by Crippen LogP contribution is 2.33. The maximum atomic E-state index is 12.8. The summed E-state index contributed by atoms with van der Waals surface area (Å²) in [4.78, 5) is 18.5. The number of hydrogen-bond donors (Lipinski definition) is 1. The van der Waals surface area contributed by atoms with E-state index in [0.29, 0.717) is 11.9 Å². The first-order valence-corrected chi connectivity index (χ1v) is 5.51. The van der Waals surface area contributed by atoms with E-state index in [1.165, 1.54) is 13.0 Å². The maximum Gasteiger partial charge on any atom is 0.418 e. The second-order valence-electron chi connectivity index (χ2n) is 4.10. The van der Waals surface area contributed by atoms with E-state index < -0.39 is 23.3 Å². The van der Waals surface area contributed by atoms with Crippen molar-refractivity contribution >= 4 is 5.97 Å². The number of carboxylic acid groups (broad SMARTS) is 1. The van der Waals surface area contributed by atoms with Gasteiger partial charge in [0.05, 0.1) is 11.1 Å². The average molecular weight is 296 g/mol. The fourth-order valence-corrected chi connectivity index (χ4v) is 1.69. The van der Waals surface area contributed by atoms with Gasteiger partial charge in [-0.05, 0) is 13.0 Å². The number of alkyl halides is 3. The molecule has 2 rings (SSSR count). The Balaban J connectivity index is 2.64. The van der Waals surface area contributed by atoms with Gasteiger partial charge in [0.15, 0.2) is 0 Å². The Labute approximate surface area is 116 Å². The van der Waals surface area contributed by atoms with E-state index in [2.05, 4.69) is 9.97 Å². The summed E-state index contributed by atoms with van der Waals surface area (Å²) in [6.45, 7) is 1.54. The topological polar surface area (TPSA) is 91.8 Å². The van der Waals surface area contributed by atoms with Gasteiger partial charge in [0.1, 0.15) is 11.8 Å². The van der Waals surface area contributed by atoms with Crippen LogP contribution in [0.1, 0.15) is 27.3 Å². The molecule has 0 saturated heterocycles. The van der Waals surface area contributed by atoms with Gasteiger partial charge in [0, 0.05) is 18.1 Å². The molecule has 0 amide bonds. The Bertz CT molecular complexity index is 759. The van der Waals surface area contributed by atoms with Crippen molar-refractivity contribution in [3.63, 3.8) is 0 Å². The second kappa shape index (κ2) is 4.90. The minimum Gasteiger partial charge on any atom is -0.478 e. The van der Waals surface area contributed by atoms with Crippen LogP contribution in [-0.2, 0) is 6.18 Å². The number of nitriles is 1. The number of nitrogens with zero attached hydrogens (tertiary/aromatic N) is 4. The SMILES string of the molecule is Cc1cc(C#N)nc(-n2cc(C(=O)O)c(C(F)(F)F)c2)n1. The Morgan fingerprint density at radius 3 is 2.52 bits per heavy atom. The normalized spacial score (nSPS) is 11.2. The van der Waals surface area contributed by atoms with Crippen molar-refractivity contribution < 1.29 is 23.1 Å². The summed E-state index contributed by atoms with van der Waals surface area (Å²) >= 11 is 0. The smallest absolute Gasteiger partial charge is 0.418 e. The van der Waals surface area contributed by atoms with Crippen LogP contribution in [0.2, 0.25) is 0 Å². The first-order valence-electron chi connectivity index (χ1n) is 5.51. The van der Waals surface area contributed by atoms with Crippen molar-refractivity contribution in [1.82, 2.24) is 14.5 Å². The molecule has 21 heavy (non-hydrogen) atoms. The van der Waals surface area contributed by atoms with Crippen LogP contribution in [0, 0.1) is 18.3 Å². The zero-order chi connectivity index (χ0) is 15.8. The molecule has 0 radical (unpaired) electrons. The number of aromatic carboxylic acids is 1. The van der Waals surface area contributed by atoms with Crippen LogP contribution in [0.4, 0.5) is 13.2 Å². The summed E-state index contributed by atoms with van der Waals surface area (Å²) in [5.41, 5.74) is -1.88. The molecule has 0 unspecified atom stereocenters. The Kier molecular flexibility index (Phi) is 3.39. The molecule has 0 aliphatic carbocycles. The lowest BCUT2D eigenvalue weighted by Gasteiger charge is -2.04. The molecule has 2 aromatic rings. The summed E-state index contributed by atoms with van der Waals surface area (Å²) in [6, 6.07) is 3.11. The molecule has 0 aromatic carbocycles. The van der Waals surface area contributed by atoms with Crippen molar-refractivity contribution in [3.8, 4) is 12.0 Å². The summed E-state index contributed by atoms with van der Waals surface area (Å²) in [6.07, 6.45) is -3.47. The van der Waals surface area contributed by atoms with E-state index in [1.807, 2.05) is 0 Å². The lowest BCUT2D eigenvalue weighted by molar-refractivity contribution is -0.138. The zero-order valence-electron chi connectivity index (χ0n) is 10.5. The molecule has 108 valence electrons. The maximum absolute atomic E-state index is 12.8. The van der Waals surface area contributed by atoms with E-state index >= 15 is 0 Å². The fourth-order valence-electron chi connectivity index (χ4n) is 1.69. The minimum atomic E-state index is -4.82. The summed E-state index contributed by atoms with van der Waals surface area (Å²) in [7, 11) is 0. The lowest BCUT2D eigenvalue weighted by Crippen LogP contribution is -2.09. The largest absolute Gasteiger partial charge is 0.478 e. The highest BCUT2D eigenvalue weighted by atomic mass is 19.4. The molecule has 9 heteroatoms. The molecule has 0 spiro atoms. The molecular formula is C12H7F3N4O2. The van der Waals surface area contributed by atoms with E-state index in [9.17, 15) is 18.0 Å². The number of rotatable bonds is 2. The van der Waals surface area contributed by atoms with E-state index in [-0.39, 0.29) is 11.6 Å². The molecule has 2 heterocycles. The molecule has 0 aliphatic rings. The van der Waals surface area contributed by atoms with Crippen molar-refractivity contribution in [2.75, 3.05) is 0 Å². The predicted molar refractivity (Wildman–Crippen MR) is 62.8 cm³/mol. The summed E-state index contributed by atoms with van der Waals surface area (Å²) < 4.78 is 39.2. The van der Waals surface area contributed by atoms with Crippen molar-refractivity contribution in [3.05, 3.63) is 41.0 Å². The van der Waals surface area contributed by atoms with Crippen LogP contribution in [0.15, 0.2) is 18.5 Å². The highest BCUT2D eigenvalue weighted by Gasteiger charge is 2.37. The monoisotopic (exact) mass is 296 g/mol. The van der Waals surface area contributed by atoms with Gasteiger partial charge in [0.25, 0.3) is 0 Å². The summed E-state index contributed by atoms with van der Waals surface area (Å²) in [5, 5.41) is 17.6. The second-order valence-corrected chi connectivity index (χ2v) is 4.10. The Morgan fingerprint density at radius 1 is 1.38 bits per heavy atom.